The van der Waals surface area contributed by atoms with Crippen molar-refractivity contribution in [3.63, 3.8) is 0 Å². The number of benzene rings is 1. The minimum atomic E-state index is 0.616. The quantitative estimate of drug-likeness (QED) is 0.878. The first-order chi connectivity index (χ1) is 9.34. The molecule has 100 valence electrons. The summed E-state index contributed by atoms with van der Waals surface area (Å²) in [4.78, 5) is 0. The van der Waals surface area contributed by atoms with Crippen LogP contribution >= 0.6 is 0 Å². The number of aryl methyl sites for hydroxylation is 1. The number of ether oxygens (including phenoxy) is 2. The first-order valence-electron chi connectivity index (χ1n) is 6.41. The lowest BCUT2D eigenvalue weighted by molar-refractivity contribution is 0.169. The highest BCUT2D eigenvalue weighted by Gasteiger charge is 2.15. The molecule has 0 fully saturated rings. The van der Waals surface area contributed by atoms with Gasteiger partial charge in [-0.05, 0) is 13.0 Å². The van der Waals surface area contributed by atoms with Crippen molar-refractivity contribution in [2.75, 3.05) is 13.2 Å². The summed E-state index contributed by atoms with van der Waals surface area (Å²) < 4.78 is 11.3. The molecule has 2 heterocycles. The number of nitrogens with zero attached hydrogens (tertiary/aromatic N) is 1. The van der Waals surface area contributed by atoms with E-state index in [1.807, 2.05) is 25.3 Å². The van der Waals surface area contributed by atoms with E-state index in [2.05, 4.69) is 21.6 Å². The number of aromatic nitrogens is 2. The molecule has 0 bridgehead atoms. The van der Waals surface area contributed by atoms with Gasteiger partial charge >= 0.3 is 0 Å². The Bertz CT molecular complexity index is 566. The van der Waals surface area contributed by atoms with Gasteiger partial charge in [-0.15, -0.1) is 0 Å². The van der Waals surface area contributed by atoms with Crippen LogP contribution in [0.4, 0.5) is 0 Å². The zero-order chi connectivity index (χ0) is 13.1. The standard InChI is InChI=1S/C14H17N3O2/c1-10-12(9-16-17-10)8-15-7-11-3-2-4-13-14(11)19-6-5-18-13/h2-4,9,15H,5-8H2,1H3,(H,16,17). The Morgan fingerprint density at radius 2 is 2.05 bits per heavy atom. The first kappa shape index (κ1) is 12.0. The minimum absolute atomic E-state index is 0.616. The average molecular weight is 259 g/mol. The third kappa shape index (κ3) is 2.56. The molecule has 0 saturated carbocycles. The predicted octanol–water partition coefficient (Wildman–Crippen LogP) is 1.78. The van der Waals surface area contributed by atoms with Gasteiger partial charge in [0.15, 0.2) is 11.5 Å². The molecule has 1 aliphatic heterocycles. The van der Waals surface area contributed by atoms with Crippen molar-refractivity contribution >= 4 is 0 Å². The molecule has 19 heavy (non-hydrogen) atoms. The highest BCUT2D eigenvalue weighted by atomic mass is 16.6. The molecule has 0 radical (unpaired) electrons. The Balaban J connectivity index is 1.66. The molecular weight excluding hydrogens is 242 g/mol. The summed E-state index contributed by atoms with van der Waals surface area (Å²) in [7, 11) is 0. The Morgan fingerprint density at radius 1 is 1.21 bits per heavy atom. The number of H-pyrrole nitrogens is 1. The maximum Gasteiger partial charge on any atom is 0.165 e. The molecule has 1 aromatic carbocycles. The Morgan fingerprint density at radius 3 is 2.89 bits per heavy atom. The highest BCUT2D eigenvalue weighted by molar-refractivity contribution is 5.47. The molecule has 0 amide bonds. The van der Waals surface area contributed by atoms with Crippen LogP contribution < -0.4 is 14.8 Å². The van der Waals surface area contributed by atoms with Crippen LogP contribution in [0.5, 0.6) is 11.5 Å². The summed E-state index contributed by atoms with van der Waals surface area (Å²) in [6.07, 6.45) is 1.85. The monoisotopic (exact) mass is 259 g/mol. The number of aromatic amines is 1. The number of hydrogen-bond acceptors (Lipinski definition) is 4. The van der Waals surface area contributed by atoms with Crippen molar-refractivity contribution in [2.24, 2.45) is 0 Å². The van der Waals surface area contributed by atoms with Crippen LogP contribution in [-0.2, 0) is 13.1 Å². The molecule has 5 heteroatoms. The van der Waals surface area contributed by atoms with Crippen LogP contribution in [0.1, 0.15) is 16.8 Å². The fourth-order valence-corrected chi connectivity index (χ4v) is 2.16. The maximum atomic E-state index is 5.68. The number of nitrogens with one attached hydrogen (secondary N) is 2. The van der Waals surface area contributed by atoms with E-state index in [9.17, 15) is 0 Å². The van der Waals surface area contributed by atoms with Crippen LogP contribution in [0, 0.1) is 6.92 Å². The Labute approximate surface area is 111 Å². The number of rotatable bonds is 4. The molecule has 3 rings (SSSR count). The zero-order valence-electron chi connectivity index (χ0n) is 10.9. The summed E-state index contributed by atoms with van der Waals surface area (Å²) in [6.45, 7) is 4.79. The van der Waals surface area contributed by atoms with Gasteiger partial charge in [-0.2, -0.15) is 5.10 Å². The molecule has 5 nitrogen and oxygen atoms in total. The molecule has 1 aromatic heterocycles. The lowest BCUT2D eigenvalue weighted by Gasteiger charge is -2.21. The average Bonchev–Trinajstić information content (AvgIpc) is 2.85. The second kappa shape index (κ2) is 5.32. The van der Waals surface area contributed by atoms with E-state index in [4.69, 9.17) is 9.47 Å². The largest absolute Gasteiger partial charge is 0.486 e. The molecule has 0 saturated heterocycles. The third-order valence-electron chi connectivity index (χ3n) is 3.21. The van der Waals surface area contributed by atoms with Crippen LogP contribution in [0.2, 0.25) is 0 Å². The molecule has 0 aliphatic carbocycles. The Kier molecular flexibility index (Phi) is 3.37. The van der Waals surface area contributed by atoms with Gasteiger partial charge in [0.2, 0.25) is 0 Å². The van der Waals surface area contributed by atoms with Gasteiger partial charge in [-0.1, -0.05) is 12.1 Å². The number of para-hydroxylation sites is 1. The van der Waals surface area contributed by atoms with E-state index >= 15 is 0 Å². The van der Waals surface area contributed by atoms with Crippen molar-refractivity contribution in [2.45, 2.75) is 20.0 Å². The fraction of sp³-hybridized carbons (Fsp3) is 0.357. The van der Waals surface area contributed by atoms with Crippen LogP contribution in [-0.4, -0.2) is 23.4 Å². The smallest absolute Gasteiger partial charge is 0.165 e. The van der Waals surface area contributed by atoms with E-state index in [1.165, 1.54) is 5.56 Å². The van der Waals surface area contributed by atoms with Gasteiger partial charge in [-0.25, -0.2) is 0 Å². The zero-order valence-corrected chi connectivity index (χ0v) is 10.9. The maximum absolute atomic E-state index is 5.68. The van der Waals surface area contributed by atoms with E-state index in [0.717, 1.165) is 35.8 Å². The second-order valence-corrected chi connectivity index (χ2v) is 4.57. The summed E-state index contributed by atoms with van der Waals surface area (Å²) >= 11 is 0. The SMILES string of the molecule is Cc1[nH]ncc1CNCc1cccc2c1OCCO2. The van der Waals surface area contributed by atoms with E-state index in [1.54, 1.807) is 0 Å². The molecule has 0 unspecified atom stereocenters. The minimum Gasteiger partial charge on any atom is -0.486 e. The van der Waals surface area contributed by atoms with Gasteiger partial charge in [0.05, 0.1) is 6.20 Å². The van der Waals surface area contributed by atoms with Crippen molar-refractivity contribution in [1.82, 2.24) is 15.5 Å². The first-order valence-corrected chi connectivity index (χ1v) is 6.41. The molecule has 2 aromatic rings. The van der Waals surface area contributed by atoms with Crippen molar-refractivity contribution in [3.05, 3.63) is 41.2 Å². The van der Waals surface area contributed by atoms with Gasteiger partial charge in [-0.3, -0.25) is 5.10 Å². The summed E-state index contributed by atoms with van der Waals surface area (Å²) in [5, 5.41) is 10.3. The predicted molar refractivity (Wildman–Crippen MR) is 71.3 cm³/mol. The van der Waals surface area contributed by atoms with Crippen LogP contribution in [0.15, 0.2) is 24.4 Å². The lowest BCUT2D eigenvalue weighted by Crippen LogP contribution is -2.19. The molecular formula is C14H17N3O2. The molecule has 2 N–H and O–H groups in total. The Hall–Kier alpha value is -2.01. The fourth-order valence-electron chi connectivity index (χ4n) is 2.16. The van der Waals surface area contributed by atoms with Gasteiger partial charge in [0.1, 0.15) is 13.2 Å². The van der Waals surface area contributed by atoms with Crippen molar-refractivity contribution < 1.29 is 9.47 Å². The molecule has 1 aliphatic rings. The topological polar surface area (TPSA) is 59.2 Å². The normalized spacial score (nSPS) is 13.5. The van der Waals surface area contributed by atoms with Crippen molar-refractivity contribution in [3.8, 4) is 11.5 Å². The van der Waals surface area contributed by atoms with Crippen LogP contribution in [0.25, 0.3) is 0 Å². The number of fused-ring (bicyclic) bond motifs is 1. The molecule has 0 atom stereocenters. The van der Waals surface area contributed by atoms with Gasteiger partial charge < -0.3 is 14.8 Å². The summed E-state index contributed by atoms with van der Waals surface area (Å²) in [5.74, 6) is 1.70. The van der Waals surface area contributed by atoms with E-state index in [-0.39, 0.29) is 0 Å². The highest BCUT2D eigenvalue weighted by Crippen LogP contribution is 2.33. The van der Waals surface area contributed by atoms with E-state index < -0.39 is 0 Å². The van der Waals surface area contributed by atoms with Crippen LogP contribution in [0.3, 0.4) is 0 Å². The van der Waals surface area contributed by atoms with Gasteiger partial charge in [0.25, 0.3) is 0 Å². The van der Waals surface area contributed by atoms with E-state index in [0.29, 0.717) is 13.2 Å². The molecule has 0 spiro atoms. The van der Waals surface area contributed by atoms with Crippen molar-refractivity contribution in [1.29, 1.82) is 0 Å². The summed E-state index contributed by atoms with van der Waals surface area (Å²) in [6, 6.07) is 5.99. The second-order valence-electron chi connectivity index (χ2n) is 4.57. The van der Waals surface area contributed by atoms with Gasteiger partial charge in [0, 0.05) is 29.9 Å². The lowest BCUT2D eigenvalue weighted by atomic mass is 10.1. The number of hydrogen-bond donors (Lipinski definition) is 2. The third-order valence-corrected chi connectivity index (χ3v) is 3.21. The summed E-state index contributed by atoms with van der Waals surface area (Å²) in [5.41, 5.74) is 3.41.